The number of H-pyrrole nitrogens is 2. The molecule has 0 unspecified atom stereocenters. The lowest BCUT2D eigenvalue weighted by molar-refractivity contribution is -0.137. The first-order valence-electron chi connectivity index (χ1n) is 11.1. The van der Waals surface area contributed by atoms with Gasteiger partial charge in [0.15, 0.2) is 0 Å². The third kappa shape index (κ3) is 5.30. The van der Waals surface area contributed by atoms with E-state index >= 15 is 0 Å². The molecule has 186 valence electrons. The first kappa shape index (κ1) is 24.7. The van der Waals surface area contributed by atoms with E-state index in [9.17, 15) is 27.9 Å². The first-order valence-corrected chi connectivity index (χ1v) is 11.1. The molecule has 1 aliphatic heterocycles. The van der Waals surface area contributed by atoms with Gasteiger partial charge in [-0.3, -0.25) is 9.59 Å². The Kier molecular flexibility index (Phi) is 6.82. The molecule has 1 aliphatic rings. The van der Waals surface area contributed by atoms with Crippen LogP contribution in [-0.4, -0.2) is 63.2 Å². The van der Waals surface area contributed by atoms with Crippen molar-refractivity contribution in [3.05, 3.63) is 64.3 Å². The van der Waals surface area contributed by atoms with Crippen LogP contribution in [0.4, 0.5) is 13.2 Å². The number of rotatable bonds is 6. The lowest BCUT2D eigenvalue weighted by atomic mass is 9.90. The number of benzene rings is 2. The molecule has 4 rings (SSSR count). The number of likely N-dealkylation sites (N-methyl/N-ethyl adjacent to an activating group) is 1. The molecule has 1 saturated heterocycles. The predicted molar refractivity (Wildman–Crippen MR) is 120 cm³/mol. The minimum Gasteiger partial charge on any atom is -0.394 e. The zero-order valence-corrected chi connectivity index (χ0v) is 18.9. The summed E-state index contributed by atoms with van der Waals surface area (Å²) in [5, 5.41) is 19.0. The van der Waals surface area contributed by atoms with Gasteiger partial charge in [-0.1, -0.05) is 6.07 Å². The lowest BCUT2D eigenvalue weighted by Gasteiger charge is -2.16. The molecule has 0 radical (unpaired) electrons. The smallest absolute Gasteiger partial charge is 0.394 e. The number of halogens is 3. The van der Waals surface area contributed by atoms with E-state index in [0.717, 1.165) is 29.3 Å². The largest absolute Gasteiger partial charge is 0.416 e. The molecule has 2 heterocycles. The predicted octanol–water partition coefficient (Wildman–Crippen LogP) is 2.49. The second-order valence-corrected chi connectivity index (χ2v) is 8.67. The zero-order valence-electron chi connectivity index (χ0n) is 18.9. The number of imidazole rings is 1. The Balaban J connectivity index is 1.72. The van der Waals surface area contributed by atoms with Crippen LogP contribution in [0.25, 0.3) is 11.0 Å². The van der Waals surface area contributed by atoms with Gasteiger partial charge < -0.3 is 25.1 Å². The molecule has 2 atom stereocenters. The molecule has 2 aromatic carbocycles. The zero-order chi connectivity index (χ0) is 25.3. The summed E-state index contributed by atoms with van der Waals surface area (Å²) in [5.41, 5.74) is 1.65. The average Bonchev–Trinajstić information content (AvgIpc) is 3.37. The van der Waals surface area contributed by atoms with E-state index in [1.807, 2.05) is 0 Å². The fourth-order valence-corrected chi connectivity index (χ4v) is 4.27. The maximum Gasteiger partial charge on any atom is 0.416 e. The summed E-state index contributed by atoms with van der Waals surface area (Å²) in [5.74, 6) is -1.23. The van der Waals surface area contributed by atoms with Crippen molar-refractivity contribution in [1.82, 2.24) is 14.9 Å². The maximum atomic E-state index is 13.0. The highest BCUT2D eigenvalue weighted by molar-refractivity contribution is 5.95. The molecule has 0 saturated carbocycles. The fourth-order valence-electron chi connectivity index (χ4n) is 4.27. The number of aryl methyl sites for hydroxylation is 1. The van der Waals surface area contributed by atoms with E-state index in [-0.39, 0.29) is 29.6 Å². The summed E-state index contributed by atoms with van der Waals surface area (Å²) in [6, 6.07) is 7.63. The van der Waals surface area contributed by atoms with Crippen LogP contribution in [0.2, 0.25) is 0 Å². The third-order valence-corrected chi connectivity index (χ3v) is 6.20. The average molecular weight is 490 g/mol. The quantitative estimate of drug-likeness (QED) is 0.424. The van der Waals surface area contributed by atoms with Crippen molar-refractivity contribution in [2.75, 3.05) is 20.2 Å². The number of aliphatic hydroxyl groups excluding tert-OH is 2. The van der Waals surface area contributed by atoms with Crippen molar-refractivity contribution in [1.29, 1.82) is 0 Å². The molecular weight excluding hydrogens is 465 g/mol. The number of aromatic nitrogens is 2. The Bertz CT molecular complexity index is 1330. The van der Waals surface area contributed by atoms with Gasteiger partial charge in [-0.05, 0) is 60.7 Å². The fraction of sp³-hybridized carbons (Fsp3) is 0.375. The van der Waals surface area contributed by atoms with Crippen molar-refractivity contribution >= 4 is 22.8 Å². The van der Waals surface area contributed by atoms with Crippen LogP contribution >= 0.6 is 0 Å². The summed E-state index contributed by atoms with van der Waals surface area (Å²) in [6.45, 7) is 0.239. The molecule has 4 N–H and O–H groups in total. The number of aliphatic hydroxyl groups is 2. The van der Waals surface area contributed by atoms with E-state index in [1.54, 1.807) is 24.1 Å². The van der Waals surface area contributed by atoms with Gasteiger partial charge in [0.25, 0.3) is 5.91 Å². The monoisotopic (exact) mass is 490 g/mol. The van der Waals surface area contributed by atoms with E-state index in [0.29, 0.717) is 36.8 Å². The van der Waals surface area contributed by atoms with E-state index < -0.39 is 23.8 Å². The van der Waals surface area contributed by atoms with Crippen LogP contribution in [0.1, 0.15) is 45.8 Å². The molecule has 8 nitrogen and oxygen atoms in total. The van der Waals surface area contributed by atoms with Crippen LogP contribution in [0, 0.1) is 0 Å². The number of nitrogens with zero attached hydrogens (tertiary/aromatic N) is 2. The minimum absolute atomic E-state index is 0.0199. The number of aromatic amines is 2. The summed E-state index contributed by atoms with van der Waals surface area (Å²) in [6.07, 6.45) is -4.14. The molecule has 1 aromatic heterocycles. The van der Waals surface area contributed by atoms with Crippen LogP contribution in [0.3, 0.4) is 0 Å². The van der Waals surface area contributed by atoms with E-state index in [2.05, 4.69) is 15.0 Å². The lowest BCUT2D eigenvalue weighted by Crippen LogP contribution is -2.22. The Morgan fingerprint density at radius 3 is 2.57 bits per heavy atom. The maximum absolute atomic E-state index is 13.0. The summed E-state index contributed by atoms with van der Waals surface area (Å²) < 4.78 is 38.9. The highest BCUT2D eigenvalue weighted by Crippen LogP contribution is 2.33. The molecule has 0 aliphatic carbocycles. The summed E-state index contributed by atoms with van der Waals surface area (Å²) in [7, 11) is 1.73. The highest BCUT2D eigenvalue weighted by atomic mass is 19.4. The second kappa shape index (κ2) is 9.67. The van der Waals surface area contributed by atoms with Gasteiger partial charge >= 0.3 is 6.18 Å². The van der Waals surface area contributed by atoms with Gasteiger partial charge in [0, 0.05) is 19.2 Å². The van der Waals surface area contributed by atoms with Gasteiger partial charge in [0.1, 0.15) is 0 Å². The normalized spacial score (nSPS) is 18.0. The van der Waals surface area contributed by atoms with Crippen LogP contribution in [0.5, 0.6) is 0 Å². The number of hydrogen-bond donors (Lipinski definition) is 4. The van der Waals surface area contributed by atoms with Crippen molar-refractivity contribution in [3.8, 4) is 0 Å². The van der Waals surface area contributed by atoms with Gasteiger partial charge in [-0.2, -0.15) is 18.2 Å². The van der Waals surface area contributed by atoms with Crippen molar-refractivity contribution in [2.45, 2.75) is 37.5 Å². The van der Waals surface area contributed by atoms with Gasteiger partial charge in [-0.25, -0.2) is 0 Å². The third-order valence-electron chi connectivity index (χ3n) is 6.20. The number of likely N-dealkylation sites (tertiary alicyclic amines) is 1. The topological polar surface area (TPSA) is 122 Å². The number of fused-ring (bicyclic) bond motifs is 1. The second-order valence-electron chi connectivity index (χ2n) is 8.67. The van der Waals surface area contributed by atoms with Gasteiger partial charge in [0.05, 0.1) is 35.2 Å². The first-order chi connectivity index (χ1) is 16.6. The number of amides is 2. The molecule has 0 spiro atoms. The van der Waals surface area contributed by atoms with Crippen LogP contribution in [0.15, 0.2) is 41.4 Å². The van der Waals surface area contributed by atoms with E-state index in [1.165, 1.54) is 6.07 Å². The molecule has 3 aromatic rings. The van der Waals surface area contributed by atoms with Gasteiger partial charge in [-0.15, -0.1) is 0 Å². The number of carbonyl (C=O) groups excluding carboxylic acids is 2. The van der Waals surface area contributed by atoms with Crippen molar-refractivity contribution in [3.63, 3.8) is 0 Å². The van der Waals surface area contributed by atoms with Crippen LogP contribution in [-0.2, 0) is 17.4 Å². The number of nitrogens with one attached hydrogen (secondary N) is 2. The van der Waals surface area contributed by atoms with Gasteiger partial charge in [0.2, 0.25) is 11.5 Å². The molecular formula is C24H25F3N4O4. The Labute approximate surface area is 198 Å². The molecule has 2 amide bonds. The van der Waals surface area contributed by atoms with E-state index in [4.69, 9.17) is 5.11 Å². The Morgan fingerprint density at radius 1 is 1.23 bits per heavy atom. The van der Waals surface area contributed by atoms with Crippen LogP contribution < -0.4 is 5.62 Å². The van der Waals surface area contributed by atoms with Crippen molar-refractivity contribution in [2.24, 2.45) is 4.99 Å². The minimum atomic E-state index is -4.58. The molecule has 1 fully saturated rings. The summed E-state index contributed by atoms with van der Waals surface area (Å²) >= 11 is 0. The SMILES string of the molecule is CN1CC[C@H](c2cc3[nH]/c(=N/C(=O)c4cccc(C(F)(F)F)c4)[nH]c3cc2CC[C@@H](O)CO)C1=O. The molecule has 0 bridgehead atoms. The Hall–Kier alpha value is -3.44. The Morgan fingerprint density at radius 2 is 1.94 bits per heavy atom. The number of carbonyl (C=O) groups is 2. The molecule has 35 heavy (non-hydrogen) atoms. The standard InChI is InChI=1S/C24H25F3N4O4/c1-31-8-7-17(22(31)35)18-11-20-19(10-13(18)5-6-16(33)12-32)28-23(29-20)30-21(34)14-3-2-4-15(9-14)24(25,26)27/h2-4,9-11,16-17,32-33H,5-8,12H2,1H3,(H2,28,29,30,34)/t16-,17-/m1/s1. The highest BCUT2D eigenvalue weighted by Gasteiger charge is 2.32. The number of alkyl halides is 3. The number of hydrogen-bond acceptors (Lipinski definition) is 4. The molecule has 11 heteroatoms. The summed E-state index contributed by atoms with van der Waals surface area (Å²) in [4.78, 5) is 36.6. The van der Waals surface area contributed by atoms with Crippen molar-refractivity contribution < 1.29 is 33.0 Å².